The molecule has 6 heteroatoms. The molecule has 0 saturated heterocycles. The van der Waals surface area contributed by atoms with Gasteiger partial charge in [-0.15, -0.1) is 0 Å². The maximum atomic E-state index is 13.3. The number of hydrogen-bond acceptors (Lipinski definition) is 2. The highest BCUT2D eigenvalue weighted by molar-refractivity contribution is 7.80. The first kappa shape index (κ1) is 17.2. The number of benzene rings is 3. The Labute approximate surface area is 161 Å². The van der Waals surface area contributed by atoms with Crippen LogP contribution in [0.15, 0.2) is 79.1 Å². The van der Waals surface area contributed by atoms with Gasteiger partial charge in [-0.05, 0) is 41.4 Å². The van der Waals surface area contributed by atoms with Gasteiger partial charge in [-0.3, -0.25) is 4.68 Å². The van der Waals surface area contributed by atoms with E-state index in [2.05, 4.69) is 33.9 Å². The largest absolute Gasteiger partial charge is 0.332 e. The van der Waals surface area contributed by atoms with Crippen LogP contribution >= 0.6 is 12.2 Å². The van der Waals surface area contributed by atoms with Crippen molar-refractivity contribution in [3.63, 3.8) is 0 Å². The molecule has 0 spiro atoms. The second-order valence-corrected chi connectivity index (χ2v) is 6.57. The highest BCUT2D eigenvalue weighted by atomic mass is 32.1. The minimum Gasteiger partial charge on any atom is -0.332 e. The van der Waals surface area contributed by atoms with Gasteiger partial charge in [-0.25, -0.2) is 4.39 Å². The molecule has 0 unspecified atom stereocenters. The maximum absolute atomic E-state index is 13.3. The third-order valence-corrected chi connectivity index (χ3v) is 4.37. The van der Waals surface area contributed by atoms with Gasteiger partial charge in [0.25, 0.3) is 0 Å². The Morgan fingerprint density at radius 1 is 1.00 bits per heavy atom. The van der Waals surface area contributed by atoms with Gasteiger partial charge < -0.3 is 10.6 Å². The first-order chi connectivity index (χ1) is 13.2. The molecule has 0 aliphatic carbocycles. The molecule has 0 atom stereocenters. The Morgan fingerprint density at radius 2 is 1.81 bits per heavy atom. The number of thiocarbonyl (C=S) groups is 1. The van der Waals surface area contributed by atoms with Gasteiger partial charge in [0, 0.05) is 17.3 Å². The average Bonchev–Trinajstić information content (AvgIpc) is 3.08. The van der Waals surface area contributed by atoms with Crippen LogP contribution in [-0.2, 0) is 6.54 Å². The first-order valence-electron chi connectivity index (χ1n) is 8.50. The Bertz CT molecular complexity index is 1100. The molecular weight excluding hydrogens is 359 g/mol. The second-order valence-electron chi connectivity index (χ2n) is 6.16. The lowest BCUT2D eigenvalue weighted by Gasteiger charge is -2.11. The van der Waals surface area contributed by atoms with Crippen molar-refractivity contribution in [1.82, 2.24) is 9.78 Å². The Kier molecular flexibility index (Phi) is 4.80. The minimum absolute atomic E-state index is 0.251. The molecule has 4 nitrogen and oxygen atoms in total. The lowest BCUT2D eigenvalue weighted by molar-refractivity contribution is 0.619. The standard InChI is InChI=1S/C21H17FN4S/c22-17-8-3-5-15(11-17)13-26-14-18(12-23-26)24-21(27)25-20-10-4-7-16-6-1-2-9-19(16)20/h1-12,14H,13H2,(H2,24,25,27). The van der Waals surface area contributed by atoms with Crippen molar-refractivity contribution in [2.45, 2.75) is 6.54 Å². The number of halogens is 1. The molecule has 3 aromatic carbocycles. The lowest BCUT2D eigenvalue weighted by Crippen LogP contribution is -2.18. The van der Waals surface area contributed by atoms with Crippen molar-refractivity contribution in [2.24, 2.45) is 0 Å². The van der Waals surface area contributed by atoms with E-state index >= 15 is 0 Å². The summed E-state index contributed by atoms with van der Waals surface area (Å²) in [4.78, 5) is 0. The fraction of sp³-hybridized carbons (Fsp3) is 0.0476. The number of rotatable bonds is 4. The van der Waals surface area contributed by atoms with E-state index in [4.69, 9.17) is 12.2 Å². The number of hydrogen-bond donors (Lipinski definition) is 2. The van der Waals surface area contributed by atoms with Crippen molar-refractivity contribution < 1.29 is 4.39 Å². The Balaban J connectivity index is 1.43. The third kappa shape index (κ3) is 4.12. The molecule has 134 valence electrons. The third-order valence-electron chi connectivity index (χ3n) is 4.16. The number of fused-ring (bicyclic) bond motifs is 1. The fourth-order valence-corrected chi connectivity index (χ4v) is 3.18. The monoisotopic (exact) mass is 376 g/mol. The predicted octanol–water partition coefficient (Wildman–Crippen LogP) is 5.03. The van der Waals surface area contributed by atoms with Gasteiger partial charge in [0.15, 0.2) is 5.11 Å². The van der Waals surface area contributed by atoms with Crippen molar-refractivity contribution in [1.29, 1.82) is 0 Å². The fourth-order valence-electron chi connectivity index (χ4n) is 2.96. The summed E-state index contributed by atoms with van der Waals surface area (Å²) in [5.74, 6) is -0.251. The van der Waals surface area contributed by atoms with E-state index in [1.165, 1.54) is 12.1 Å². The summed E-state index contributed by atoms with van der Waals surface area (Å²) in [6, 6.07) is 20.7. The van der Waals surface area contributed by atoms with Gasteiger partial charge in [-0.1, -0.05) is 48.5 Å². The van der Waals surface area contributed by atoms with Crippen LogP contribution in [0.2, 0.25) is 0 Å². The maximum Gasteiger partial charge on any atom is 0.175 e. The highest BCUT2D eigenvalue weighted by Gasteiger charge is 2.05. The van der Waals surface area contributed by atoms with Crippen LogP contribution in [0.1, 0.15) is 5.56 Å². The van der Waals surface area contributed by atoms with Gasteiger partial charge in [0.1, 0.15) is 5.82 Å². The van der Waals surface area contributed by atoms with E-state index in [-0.39, 0.29) is 5.82 Å². The quantitative estimate of drug-likeness (QED) is 0.490. The smallest absolute Gasteiger partial charge is 0.175 e. The number of nitrogens with zero attached hydrogens (tertiary/aromatic N) is 2. The van der Waals surface area contributed by atoms with E-state index < -0.39 is 0 Å². The molecule has 0 bridgehead atoms. The molecule has 0 saturated carbocycles. The predicted molar refractivity (Wildman–Crippen MR) is 112 cm³/mol. The van der Waals surface area contributed by atoms with Crippen molar-refractivity contribution in [3.05, 3.63) is 90.5 Å². The Morgan fingerprint density at radius 3 is 2.70 bits per heavy atom. The molecule has 1 aromatic heterocycles. The summed E-state index contributed by atoms with van der Waals surface area (Å²) in [7, 11) is 0. The molecule has 2 N–H and O–H groups in total. The molecule has 0 amide bonds. The molecule has 4 aromatic rings. The molecule has 0 radical (unpaired) electrons. The molecular formula is C21H17FN4S. The van der Waals surface area contributed by atoms with Crippen molar-refractivity contribution in [3.8, 4) is 0 Å². The summed E-state index contributed by atoms with van der Waals surface area (Å²) in [6.45, 7) is 0.489. The van der Waals surface area contributed by atoms with Crippen LogP contribution in [0.3, 0.4) is 0 Å². The van der Waals surface area contributed by atoms with Crippen LogP contribution < -0.4 is 10.6 Å². The zero-order chi connectivity index (χ0) is 18.6. The summed E-state index contributed by atoms with van der Waals surface area (Å²) >= 11 is 5.43. The van der Waals surface area contributed by atoms with E-state index in [1.54, 1.807) is 16.9 Å². The highest BCUT2D eigenvalue weighted by Crippen LogP contribution is 2.23. The van der Waals surface area contributed by atoms with Gasteiger partial charge in [0.2, 0.25) is 0 Å². The first-order valence-corrected chi connectivity index (χ1v) is 8.91. The van der Waals surface area contributed by atoms with E-state index in [9.17, 15) is 4.39 Å². The zero-order valence-corrected chi connectivity index (χ0v) is 15.2. The van der Waals surface area contributed by atoms with Crippen LogP contribution in [0.4, 0.5) is 15.8 Å². The molecule has 27 heavy (non-hydrogen) atoms. The van der Waals surface area contributed by atoms with E-state index in [0.29, 0.717) is 11.7 Å². The molecule has 0 fully saturated rings. The SMILES string of the molecule is Fc1cccc(Cn2cc(NC(=S)Nc3cccc4ccccc34)cn2)c1. The van der Waals surface area contributed by atoms with E-state index in [1.807, 2.05) is 36.5 Å². The summed E-state index contributed by atoms with van der Waals surface area (Å²) in [5.41, 5.74) is 2.56. The number of anilines is 2. The Hall–Kier alpha value is -3.25. The summed E-state index contributed by atoms with van der Waals surface area (Å²) < 4.78 is 15.0. The molecule has 1 heterocycles. The zero-order valence-electron chi connectivity index (χ0n) is 14.4. The van der Waals surface area contributed by atoms with E-state index in [0.717, 1.165) is 27.7 Å². The minimum atomic E-state index is -0.251. The topological polar surface area (TPSA) is 41.9 Å². The molecule has 4 rings (SSSR count). The second kappa shape index (κ2) is 7.55. The lowest BCUT2D eigenvalue weighted by atomic mass is 10.1. The van der Waals surface area contributed by atoms with Crippen molar-refractivity contribution in [2.75, 3.05) is 10.6 Å². The molecule has 0 aliphatic rings. The number of nitrogens with one attached hydrogen (secondary N) is 2. The summed E-state index contributed by atoms with van der Waals surface area (Å²) in [6.07, 6.45) is 3.53. The van der Waals surface area contributed by atoms with Gasteiger partial charge in [-0.2, -0.15) is 5.10 Å². The van der Waals surface area contributed by atoms with Gasteiger partial charge in [0.05, 0.1) is 18.4 Å². The van der Waals surface area contributed by atoms with Crippen molar-refractivity contribution >= 4 is 39.5 Å². The molecule has 0 aliphatic heterocycles. The number of aromatic nitrogens is 2. The van der Waals surface area contributed by atoms with Crippen LogP contribution in [0, 0.1) is 5.82 Å². The normalized spacial score (nSPS) is 10.7. The van der Waals surface area contributed by atoms with Crippen LogP contribution in [0.25, 0.3) is 10.8 Å². The summed E-state index contributed by atoms with van der Waals surface area (Å²) in [5, 5.41) is 13.4. The average molecular weight is 376 g/mol. The van der Waals surface area contributed by atoms with Crippen LogP contribution in [0.5, 0.6) is 0 Å². The van der Waals surface area contributed by atoms with Gasteiger partial charge >= 0.3 is 0 Å². The van der Waals surface area contributed by atoms with Crippen LogP contribution in [-0.4, -0.2) is 14.9 Å².